The maximum absolute atomic E-state index is 13.9. The lowest BCUT2D eigenvalue weighted by Crippen LogP contribution is -2.19. The van der Waals surface area contributed by atoms with Crippen LogP contribution in [0.15, 0.2) is 47.3 Å². The van der Waals surface area contributed by atoms with Crippen LogP contribution in [0.4, 0.5) is 4.39 Å². The van der Waals surface area contributed by atoms with Gasteiger partial charge < -0.3 is 0 Å². The van der Waals surface area contributed by atoms with Crippen LogP contribution in [-0.4, -0.2) is 9.13 Å². The van der Waals surface area contributed by atoms with E-state index in [4.69, 9.17) is 0 Å². The standard InChI is InChI=1S/C18H14FN3O/c1-21-16-8-7-12(10-17(16)22(2)18(21)23)9-13(11-20)14-5-3-4-6-15(14)19/h3-10H,1-2H3/b13-9-. The SMILES string of the molecule is Cn1c(=O)n(C)c2cc(/C=C(/C#N)c3ccccc3F)ccc21. The van der Waals surface area contributed by atoms with Gasteiger partial charge in [-0.05, 0) is 29.8 Å². The van der Waals surface area contributed by atoms with Crippen molar-refractivity contribution in [1.82, 2.24) is 9.13 Å². The monoisotopic (exact) mass is 307 g/mol. The van der Waals surface area contributed by atoms with E-state index in [1.807, 2.05) is 18.2 Å². The van der Waals surface area contributed by atoms with Crippen LogP contribution in [0.1, 0.15) is 11.1 Å². The number of halogens is 1. The Hall–Kier alpha value is -3.13. The van der Waals surface area contributed by atoms with Crippen molar-refractivity contribution in [1.29, 1.82) is 5.26 Å². The molecule has 3 rings (SSSR count). The molecule has 0 saturated carbocycles. The summed E-state index contributed by atoms with van der Waals surface area (Å²) in [6.45, 7) is 0. The highest BCUT2D eigenvalue weighted by molar-refractivity contribution is 5.91. The molecule has 0 amide bonds. The van der Waals surface area contributed by atoms with Crippen LogP contribution in [0.3, 0.4) is 0 Å². The molecule has 0 aliphatic carbocycles. The highest BCUT2D eigenvalue weighted by Crippen LogP contribution is 2.22. The molecule has 1 aromatic heterocycles. The molecule has 4 nitrogen and oxygen atoms in total. The topological polar surface area (TPSA) is 50.7 Å². The van der Waals surface area contributed by atoms with Crippen LogP contribution in [0, 0.1) is 17.1 Å². The van der Waals surface area contributed by atoms with Crippen LogP contribution >= 0.6 is 0 Å². The van der Waals surface area contributed by atoms with E-state index >= 15 is 0 Å². The summed E-state index contributed by atoms with van der Waals surface area (Å²) in [5.41, 5.74) is 2.69. The molecule has 114 valence electrons. The summed E-state index contributed by atoms with van der Waals surface area (Å²) in [5, 5.41) is 9.34. The van der Waals surface area contributed by atoms with E-state index in [9.17, 15) is 14.4 Å². The number of aromatic nitrogens is 2. The van der Waals surface area contributed by atoms with Gasteiger partial charge >= 0.3 is 5.69 Å². The summed E-state index contributed by atoms with van der Waals surface area (Å²) in [6.07, 6.45) is 1.62. The Bertz CT molecular complexity index is 1030. The highest BCUT2D eigenvalue weighted by Gasteiger charge is 2.10. The average Bonchev–Trinajstić information content (AvgIpc) is 2.78. The number of benzene rings is 2. The number of rotatable bonds is 2. The molecule has 0 bridgehead atoms. The maximum Gasteiger partial charge on any atom is 0.328 e. The van der Waals surface area contributed by atoms with Crippen molar-refractivity contribution in [3.8, 4) is 6.07 Å². The van der Waals surface area contributed by atoms with Gasteiger partial charge in [0.1, 0.15) is 5.82 Å². The first-order valence-corrected chi connectivity index (χ1v) is 7.05. The Morgan fingerprint density at radius 1 is 1.13 bits per heavy atom. The van der Waals surface area contributed by atoms with Gasteiger partial charge in [0.2, 0.25) is 0 Å². The number of imidazole rings is 1. The van der Waals surface area contributed by atoms with Gasteiger partial charge in [-0.2, -0.15) is 5.26 Å². The molecule has 3 aromatic rings. The van der Waals surface area contributed by atoms with Gasteiger partial charge in [-0.25, -0.2) is 9.18 Å². The quantitative estimate of drug-likeness (QED) is 0.539. The summed E-state index contributed by atoms with van der Waals surface area (Å²) < 4.78 is 17.0. The fourth-order valence-electron chi connectivity index (χ4n) is 2.63. The highest BCUT2D eigenvalue weighted by atomic mass is 19.1. The minimum atomic E-state index is -0.437. The average molecular weight is 307 g/mol. The largest absolute Gasteiger partial charge is 0.328 e. The third kappa shape index (κ3) is 2.44. The fraction of sp³-hybridized carbons (Fsp3) is 0.111. The molecule has 0 unspecified atom stereocenters. The van der Waals surface area contributed by atoms with E-state index in [0.717, 1.165) is 16.6 Å². The number of fused-ring (bicyclic) bond motifs is 1. The Morgan fingerprint density at radius 2 is 1.83 bits per heavy atom. The number of nitriles is 1. The second-order valence-electron chi connectivity index (χ2n) is 5.30. The predicted octanol–water partition coefficient (Wildman–Crippen LogP) is 3.08. The van der Waals surface area contributed by atoms with Crippen molar-refractivity contribution in [2.24, 2.45) is 14.1 Å². The van der Waals surface area contributed by atoms with Gasteiger partial charge in [-0.15, -0.1) is 0 Å². The number of hydrogen-bond acceptors (Lipinski definition) is 2. The summed E-state index contributed by atoms with van der Waals surface area (Å²) >= 11 is 0. The fourth-order valence-corrected chi connectivity index (χ4v) is 2.63. The molecule has 1 heterocycles. The summed E-state index contributed by atoms with van der Waals surface area (Å²) in [7, 11) is 3.40. The van der Waals surface area contributed by atoms with Crippen LogP contribution in [0.5, 0.6) is 0 Å². The van der Waals surface area contributed by atoms with Gasteiger partial charge in [0.15, 0.2) is 0 Å². The van der Waals surface area contributed by atoms with Gasteiger partial charge in [-0.1, -0.05) is 24.3 Å². The van der Waals surface area contributed by atoms with Gasteiger partial charge in [0.25, 0.3) is 0 Å². The molecular weight excluding hydrogens is 293 g/mol. The lowest BCUT2D eigenvalue weighted by Gasteiger charge is -2.02. The molecule has 23 heavy (non-hydrogen) atoms. The zero-order valence-electron chi connectivity index (χ0n) is 12.7. The van der Waals surface area contributed by atoms with E-state index in [2.05, 4.69) is 0 Å². The molecule has 0 aliphatic rings. The van der Waals surface area contributed by atoms with Crippen molar-refractivity contribution in [3.63, 3.8) is 0 Å². The molecule has 0 atom stereocenters. The molecule has 0 N–H and O–H groups in total. The minimum Gasteiger partial charge on any atom is -0.295 e. The second kappa shape index (κ2) is 5.58. The smallest absolute Gasteiger partial charge is 0.295 e. The molecule has 0 saturated heterocycles. The van der Waals surface area contributed by atoms with E-state index in [0.29, 0.717) is 0 Å². The number of hydrogen-bond donors (Lipinski definition) is 0. The summed E-state index contributed by atoms with van der Waals surface area (Å²) in [4.78, 5) is 12.0. The summed E-state index contributed by atoms with van der Waals surface area (Å²) in [5.74, 6) is -0.437. The number of aryl methyl sites for hydroxylation is 2. The van der Waals surface area contributed by atoms with Crippen molar-refractivity contribution in [2.45, 2.75) is 0 Å². The van der Waals surface area contributed by atoms with Crippen LogP contribution in [-0.2, 0) is 14.1 Å². The summed E-state index contributed by atoms with van der Waals surface area (Å²) in [6, 6.07) is 13.6. The number of nitrogens with zero attached hydrogens (tertiary/aromatic N) is 3. The van der Waals surface area contributed by atoms with Crippen LogP contribution < -0.4 is 5.69 Å². The molecule has 0 radical (unpaired) electrons. The minimum absolute atomic E-state index is 0.115. The molecule has 0 fully saturated rings. The van der Waals surface area contributed by atoms with Gasteiger partial charge in [-0.3, -0.25) is 9.13 Å². The van der Waals surface area contributed by atoms with Crippen LogP contribution in [0.2, 0.25) is 0 Å². The lowest BCUT2D eigenvalue weighted by atomic mass is 10.0. The lowest BCUT2D eigenvalue weighted by molar-refractivity contribution is 0.624. The third-order valence-electron chi connectivity index (χ3n) is 3.89. The van der Waals surface area contributed by atoms with Crippen molar-refractivity contribution >= 4 is 22.7 Å². The predicted molar refractivity (Wildman–Crippen MR) is 88.0 cm³/mol. The molecule has 5 heteroatoms. The van der Waals surface area contributed by atoms with E-state index in [1.54, 1.807) is 53.6 Å². The Balaban J connectivity index is 2.17. The zero-order valence-corrected chi connectivity index (χ0v) is 12.7. The Kier molecular flexibility index (Phi) is 3.59. The Labute approximate surface area is 132 Å². The van der Waals surface area contributed by atoms with Gasteiger partial charge in [0, 0.05) is 19.7 Å². The van der Waals surface area contributed by atoms with Crippen molar-refractivity contribution in [3.05, 3.63) is 69.9 Å². The first-order valence-electron chi connectivity index (χ1n) is 7.05. The second-order valence-corrected chi connectivity index (χ2v) is 5.30. The molecular formula is C18H14FN3O. The normalized spacial score (nSPS) is 11.7. The van der Waals surface area contributed by atoms with Crippen molar-refractivity contribution in [2.75, 3.05) is 0 Å². The Morgan fingerprint density at radius 3 is 2.52 bits per heavy atom. The third-order valence-corrected chi connectivity index (χ3v) is 3.89. The zero-order chi connectivity index (χ0) is 16.6. The first kappa shape index (κ1) is 14.8. The molecule has 0 aliphatic heterocycles. The first-order chi connectivity index (χ1) is 11.0. The van der Waals surface area contributed by atoms with Crippen molar-refractivity contribution < 1.29 is 4.39 Å². The maximum atomic E-state index is 13.9. The van der Waals surface area contributed by atoms with Gasteiger partial charge in [0.05, 0.1) is 22.7 Å². The molecule has 2 aromatic carbocycles. The molecule has 0 spiro atoms. The van der Waals surface area contributed by atoms with E-state index < -0.39 is 5.82 Å². The van der Waals surface area contributed by atoms with E-state index in [-0.39, 0.29) is 16.8 Å². The van der Waals surface area contributed by atoms with Crippen LogP contribution in [0.25, 0.3) is 22.7 Å². The number of allylic oxidation sites excluding steroid dienone is 1. The van der Waals surface area contributed by atoms with E-state index in [1.165, 1.54) is 6.07 Å².